The Labute approximate surface area is 356 Å². The third-order valence-electron chi connectivity index (χ3n) is 12.8. The Hall–Kier alpha value is -3.65. The minimum absolute atomic E-state index is 0.00766. The molecule has 0 saturated carbocycles. The minimum atomic E-state index is -0.982. The van der Waals surface area contributed by atoms with E-state index in [0.717, 1.165) is 10.6 Å². The van der Waals surface area contributed by atoms with Crippen LogP contribution in [0.4, 0.5) is 0 Å². The highest BCUT2D eigenvalue weighted by Crippen LogP contribution is 2.39. The van der Waals surface area contributed by atoms with E-state index in [0.29, 0.717) is 56.6 Å². The Kier molecular flexibility index (Phi) is 16.5. The SMILES string of the molecule is CC[C@H](C)[C@@H]1C(=O)N2CCC[C@@H]2C(=O)O[C@H](C(C)(C)C)C[C@@H](C)C[C@@H](O)C(C)(C)C2=N[C@H](CCC(=O)N[C@@H](Cc3ccc(OC)cc3)C(=O)N(C)[C@@H](C)C(=O)N1C)CS2. The normalized spacial score (nSPS) is 30.5. The number of amides is 4. The Morgan fingerprint density at radius 1 is 1.00 bits per heavy atom. The van der Waals surface area contributed by atoms with Gasteiger partial charge in [-0.25, -0.2) is 4.79 Å². The molecule has 0 spiro atoms. The largest absolute Gasteiger partial charge is 0.497 e. The predicted octanol–water partition coefficient (Wildman–Crippen LogP) is 5.50. The molecule has 1 aromatic rings. The van der Waals surface area contributed by atoms with Crippen molar-refractivity contribution in [3.05, 3.63) is 29.8 Å². The van der Waals surface area contributed by atoms with Crippen LogP contribution in [0.15, 0.2) is 29.3 Å². The molecule has 2 bridgehead atoms. The lowest BCUT2D eigenvalue weighted by Gasteiger charge is -2.39. The smallest absolute Gasteiger partial charge is 0.329 e. The van der Waals surface area contributed by atoms with Crippen LogP contribution in [-0.4, -0.2) is 130 Å². The van der Waals surface area contributed by atoms with E-state index in [9.17, 15) is 29.1 Å². The summed E-state index contributed by atoms with van der Waals surface area (Å²) in [6.45, 7) is 18.0. The van der Waals surface area contributed by atoms with Crippen molar-refractivity contribution in [2.45, 2.75) is 156 Å². The number of hydrogen-bond donors (Lipinski definition) is 2. The monoisotopic (exact) mass is 842 g/mol. The van der Waals surface area contributed by atoms with Gasteiger partial charge in [0.25, 0.3) is 0 Å². The van der Waals surface area contributed by atoms with Crippen LogP contribution in [0.25, 0.3) is 0 Å². The number of carbonyl (C=O) groups excluding carboxylic acids is 5. The second kappa shape index (κ2) is 20.3. The molecule has 4 amide bonds. The van der Waals surface area contributed by atoms with Gasteiger partial charge in [-0.15, -0.1) is 11.8 Å². The molecular weight excluding hydrogens is 771 g/mol. The number of hydrogen-bond acceptors (Lipinski definition) is 10. The number of carbonyl (C=O) groups is 5. The summed E-state index contributed by atoms with van der Waals surface area (Å²) in [6, 6.07) is 3.47. The molecule has 0 unspecified atom stereocenters. The van der Waals surface area contributed by atoms with Gasteiger partial charge in [0.2, 0.25) is 23.6 Å². The van der Waals surface area contributed by atoms with Crippen LogP contribution < -0.4 is 10.1 Å². The number of aliphatic hydroxyl groups excluding tert-OH is 1. The first-order valence-corrected chi connectivity index (χ1v) is 22.4. The summed E-state index contributed by atoms with van der Waals surface area (Å²) in [5.74, 6) is -0.903. The zero-order chi connectivity index (χ0) is 44.0. The molecule has 9 atom stereocenters. The maximum absolute atomic E-state index is 14.6. The lowest BCUT2D eigenvalue weighted by Crippen LogP contribution is -2.59. The molecule has 2 N–H and O–H groups in total. The van der Waals surface area contributed by atoms with Crippen LogP contribution >= 0.6 is 11.8 Å². The number of aliphatic hydroxyl groups is 1. The average Bonchev–Trinajstić information content (AvgIpc) is 3.89. The van der Waals surface area contributed by atoms with Crippen molar-refractivity contribution >= 4 is 46.4 Å². The molecule has 4 rings (SSSR count). The minimum Gasteiger partial charge on any atom is -0.497 e. The van der Waals surface area contributed by atoms with Gasteiger partial charge in [-0.3, -0.25) is 24.2 Å². The Morgan fingerprint density at radius 2 is 1.66 bits per heavy atom. The number of nitrogens with zero attached hydrogens (tertiary/aromatic N) is 4. The molecule has 14 heteroatoms. The predicted molar refractivity (Wildman–Crippen MR) is 232 cm³/mol. The Morgan fingerprint density at radius 3 is 2.27 bits per heavy atom. The lowest BCUT2D eigenvalue weighted by atomic mass is 9.78. The summed E-state index contributed by atoms with van der Waals surface area (Å²) in [6.07, 6.45) is 2.23. The fourth-order valence-electron chi connectivity index (χ4n) is 8.25. The van der Waals surface area contributed by atoms with Crippen LogP contribution in [0, 0.1) is 22.7 Å². The summed E-state index contributed by atoms with van der Waals surface area (Å²) < 4.78 is 11.6. The fourth-order valence-corrected chi connectivity index (χ4v) is 9.57. The van der Waals surface area contributed by atoms with E-state index in [1.807, 2.05) is 60.6 Å². The standard InChI is InChI=1S/C45H71N5O8S/c1-13-28(3)38-41(55)50-22-14-15-34(50)42(56)58-36(44(5,6)7)24-27(2)23-35(51)45(8,9)43-46-31(26-59-43)18-21-37(52)47-33(25-30-16-19-32(57-12)20-17-30)40(54)48(10)29(4)39(53)49(38)11/h16-17,19-20,27-29,31,33-36,38,51H,13-15,18,21-26H2,1-12H3,(H,47,52)/t27-,28-,29-,31+,33-,34+,35+,36-,38+/m0/s1. The molecule has 13 nitrogen and oxygen atoms in total. The number of methoxy groups -OCH3 is 1. The summed E-state index contributed by atoms with van der Waals surface area (Å²) in [4.78, 5) is 80.3. The number of nitrogens with one attached hydrogen (secondary N) is 1. The first-order valence-electron chi connectivity index (χ1n) is 21.5. The van der Waals surface area contributed by atoms with Crippen LogP contribution in [0.5, 0.6) is 5.75 Å². The van der Waals surface area contributed by atoms with Gasteiger partial charge in [-0.05, 0) is 74.0 Å². The molecule has 1 fully saturated rings. The molecule has 0 radical (unpaired) electrons. The average molecular weight is 842 g/mol. The summed E-state index contributed by atoms with van der Waals surface area (Å²) >= 11 is 1.60. The van der Waals surface area contributed by atoms with Gasteiger partial charge in [0.15, 0.2) is 0 Å². The summed E-state index contributed by atoms with van der Waals surface area (Å²) in [7, 11) is 4.70. The molecule has 3 aliphatic heterocycles. The van der Waals surface area contributed by atoms with E-state index >= 15 is 0 Å². The van der Waals surface area contributed by atoms with E-state index in [4.69, 9.17) is 14.5 Å². The Bertz CT molecular complexity index is 1680. The maximum atomic E-state index is 14.6. The number of aliphatic imine (C=N–C) groups is 1. The van der Waals surface area contributed by atoms with Crippen molar-refractivity contribution in [3.8, 4) is 5.75 Å². The Balaban J connectivity index is 1.71. The van der Waals surface area contributed by atoms with Crippen molar-refractivity contribution in [2.24, 2.45) is 27.7 Å². The van der Waals surface area contributed by atoms with Gasteiger partial charge in [0.1, 0.15) is 36.0 Å². The number of esters is 1. The van der Waals surface area contributed by atoms with Crippen molar-refractivity contribution in [2.75, 3.05) is 33.5 Å². The van der Waals surface area contributed by atoms with Crippen LogP contribution in [-0.2, 0) is 35.1 Å². The zero-order valence-electron chi connectivity index (χ0n) is 37.6. The van der Waals surface area contributed by atoms with E-state index in [-0.39, 0.29) is 42.5 Å². The number of likely N-dealkylation sites (N-methyl/N-ethyl adjacent to an activating group) is 2. The van der Waals surface area contributed by atoms with E-state index in [2.05, 4.69) is 12.2 Å². The summed E-state index contributed by atoms with van der Waals surface area (Å²) in [5.41, 5.74) is -0.260. The number of benzene rings is 1. The molecule has 330 valence electrons. The number of rotatable bonds is 5. The first-order chi connectivity index (χ1) is 27.6. The highest BCUT2D eigenvalue weighted by Gasteiger charge is 2.45. The zero-order valence-corrected chi connectivity index (χ0v) is 38.4. The maximum Gasteiger partial charge on any atom is 0.329 e. The van der Waals surface area contributed by atoms with Crippen LogP contribution in [0.3, 0.4) is 0 Å². The van der Waals surface area contributed by atoms with Crippen LogP contribution in [0.2, 0.25) is 0 Å². The molecule has 3 aliphatic rings. The topological polar surface area (TPSA) is 158 Å². The van der Waals surface area contributed by atoms with Crippen LogP contribution in [0.1, 0.15) is 113 Å². The molecule has 59 heavy (non-hydrogen) atoms. The fraction of sp³-hybridized carbons (Fsp3) is 0.733. The third kappa shape index (κ3) is 11.8. The molecular formula is C45H71N5O8S. The molecule has 0 aliphatic carbocycles. The van der Waals surface area contributed by atoms with Gasteiger partial charge in [0.05, 0.1) is 24.3 Å². The van der Waals surface area contributed by atoms with E-state index in [1.165, 1.54) is 9.80 Å². The van der Waals surface area contributed by atoms with Gasteiger partial charge in [-0.2, -0.15) is 0 Å². The molecule has 1 aromatic carbocycles. The van der Waals surface area contributed by atoms with Gasteiger partial charge in [-0.1, -0.05) is 73.9 Å². The molecule has 1 saturated heterocycles. The van der Waals surface area contributed by atoms with Crippen molar-refractivity contribution in [1.29, 1.82) is 0 Å². The third-order valence-corrected chi connectivity index (χ3v) is 14.3. The van der Waals surface area contributed by atoms with Gasteiger partial charge in [0, 0.05) is 44.6 Å². The highest BCUT2D eigenvalue weighted by atomic mass is 32.2. The van der Waals surface area contributed by atoms with E-state index < -0.39 is 65.0 Å². The van der Waals surface area contributed by atoms with E-state index in [1.54, 1.807) is 56.9 Å². The molecule has 0 aromatic heterocycles. The second-order valence-electron chi connectivity index (χ2n) is 18.8. The second-order valence-corrected chi connectivity index (χ2v) is 19.8. The van der Waals surface area contributed by atoms with Crippen molar-refractivity contribution in [3.63, 3.8) is 0 Å². The quantitative estimate of drug-likeness (QED) is 0.366. The number of ether oxygens (including phenoxy) is 2. The first kappa shape index (κ1) is 48.0. The lowest BCUT2D eigenvalue weighted by molar-refractivity contribution is -0.166. The van der Waals surface area contributed by atoms with Crippen molar-refractivity contribution < 1.29 is 38.6 Å². The highest BCUT2D eigenvalue weighted by molar-refractivity contribution is 8.14. The van der Waals surface area contributed by atoms with Gasteiger partial charge >= 0.3 is 5.97 Å². The number of cyclic esters (lactones) is 1. The van der Waals surface area contributed by atoms with Gasteiger partial charge < -0.3 is 34.6 Å². The molecule has 3 heterocycles. The van der Waals surface area contributed by atoms with Crippen molar-refractivity contribution in [1.82, 2.24) is 20.0 Å². The number of thioether (sulfide) groups is 1. The summed E-state index contributed by atoms with van der Waals surface area (Å²) in [5, 5.41) is 15.5. The number of fused-ring (bicyclic) bond motifs is 2.